The Kier molecular flexibility index (Phi) is 3.60. The maximum atomic E-state index is 11.1. The van der Waals surface area contributed by atoms with Crippen LogP contribution in [-0.2, 0) is 11.2 Å². The molecule has 2 aromatic rings. The monoisotopic (exact) mass is 242 g/mol. The van der Waals surface area contributed by atoms with Crippen LogP contribution in [0.3, 0.4) is 0 Å². The average molecular weight is 242 g/mol. The molecule has 94 valence electrons. The van der Waals surface area contributed by atoms with Crippen LogP contribution in [0, 0.1) is 13.8 Å². The Morgan fingerprint density at radius 3 is 2.50 bits per heavy atom. The molecule has 0 spiro atoms. The number of hydrogen-bond acceptors (Lipinski definition) is 2. The first-order valence-electron chi connectivity index (χ1n) is 6.18. The minimum Gasteiger partial charge on any atom is -0.303 e. The van der Waals surface area contributed by atoms with Crippen LogP contribution in [0.25, 0.3) is 5.82 Å². The summed E-state index contributed by atoms with van der Waals surface area (Å²) in [7, 11) is 0. The summed E-state index contributed by atoms with van der Waals surface area (Å²) < 4.78 is 2.13. The van der Waals surface area contributed by atoms with E-state index in [1.807, 2.05) is 12.1 Å². The Morgan fingerprint density at radius 1 is 1.22 bits per heavy atom. The Labute approximate surface area is 107 Å². The van der Waals surface area contributed by atoms with Gasteiger partial charge in [0, 0.05) is 24.0 Å². The van der Waals surface area contributed by atoms with E-state index in [-0.39, 0.29) is 5.78 Å². The molecule has 3 nitrogen and oxygen atoms in total. The lowest BCUT2D eigenvalue weighted by Gasteiger charge is -2.12. The van der Waals surface area contributed by atoms with Gasteiger partial charge in [0.1, 0.15) is 11.6 Å². The highest BCUT2D eigenvalue weighted by Crippen LogP contribution is 2.19. The molecule has 18 heavy (non-hydrogen) atoms. The van der Waals surface area contributed by atoms with Gasteiger partial charge in [0.15, 0.2) is 0 Å². The summed E-state index contributed by atoms with van der Waals surface area (Å²) in [5.41, 5.74) is 3.45. The van der Waals surface area contributed by atoms with Crippen molar-refractivity contribution in [3.8, 4) is 5.82 Å². The van der Waals surface area contributed by atoms with E-state index < -0.39 is 0 Å². The predicted octanol–water partition coefficient (Wildman–Crippen LogP) is 3.01. The summed E-state index contributed by atoms with van der Waals surface area (Å²) in [5.74, 6) is 1.16. The van der Waals surface area contributed by atoms with E-state index in [1.165, 1.54) is 0 Å². The van der Waals surface area contributed by atoms with E-state index in [0.29, 0.717) is 6.42 Å². The summed E-state index contributed by atoms with van der Waals surface area (Å²) in [6.45, 7) is 5.76. The first-order chi connectivity index (χ1) is 8.59. The molecule has 0 N–H and O–H groups in total. The third-order valence-electron chi connectivity index (χ3n) is 3.10. The number of carbonyl (C=O) groups excluding carboxylic acids is 1. The number of ketones is 1. The van der Waals surface area contributed by atoms with Crippen LogP contribution in [0.5, 0.6) is 0 Å². The molecular formula is C15H18N2O. The lowest BCUT2D eigenvalue weighted by molar-refractivity contribution is -0.116. The second-order valence-electron chi connectivity index (χ2n) is 4.64. The lowest BCUT2D eigenvalue weighted by Crippen LogP contribution is -2.06. The fraction of sp³-hybridized carbons (Fsp3) is 0.333. The molecule has 0 atom stereocenters. The molecular weight excluding hydrogens is 224 g/mol. The molecule has 0 amide bonds. The molecule has 2 aromatic heterocycles. The largest absolute Gasteiger partial charge is 0.303 e. The molecule has 0 aliphatic carbocycles. The molecule has 2 heterocycles. The van der Waals surface area contributed by atoms with Gasteiger partial charge in [0.05, 0.1) is 0 Å². The van der Waals surface area contributed by atoms with Crippen molar-refractivity contribution < 1.29 is 4.79 Å². The molecule has 0 bridgehead atoms. The first-order valence-corrected chi connectivity index (χ1v) is 6.18. The number of rotatable bonds is 4. The zero-order valence-corrected chi connectivity index (χ0v) is 11.1. The normalized spacial score (nSPS) is 10.6. The Hall–Kier alpha value is -1.90. The minimum atomic E-state index is 0.214. The minimum absolute atomic E-state index is 0.214. The summed E-state index contributed by atoms with van der Waals surface area (Å²) in [4.78, 5) is 15.6. The summed E-state index contributed by atoms with van der Waals surface area (Å²) in [5, 5.41) is 0. The van der Waals surface area contributed by atoms with Crippen LogP contribution in [0.4, 0.5) is 0 Å². The second kappa shape index (κ2) is 5.17. The van der Waals surface area contributed by atoms with Crippen molar-refractivity contribution in [2.75, 3.05) is 0 Å². The Morgan fingerprint density at radius 2 is 1.89 bits per heavy atom. The molecule has 0 aromatic carbocycles. The van der Waals surface area contributed by atoms with Crippen LogP contribution in [0.2, 0.25) is 0 Å². The number of pyridine rings is 1. The number of Topliss-reactive ketones (excluding diaryl/α,β-unsaturated/α-hetero) is 1. The van der Waals surface area contributed by atoms with E-state index in [2.05, 4.69) is 35.5 Å². The van der Waals surface area contributed by atoms with Gasteiger partial charge in [-0.3, -0.25) is 0 Å². The van der Waals surface area contributed by atoms with Gasteiger partial charge < -0.3 is 9.36 Å². The quantitative estimate of drug-likeness (QED) is 0.826. The van der Waals surface area contributed by atoms with Crippen molar-refractivity contribution >= 4 is 5.78 Å². The third-order valence-corrected chi connectivity index (χ3v) is 3.10. The molecule has 0 aliphatic rings. The summed E-state index contributed by atoms with van der Waals surface area (Å²) >= 11 is 0. The topological polar surface area (TPSA) is 34.9 Å². The van der Waals surface area contributed by atoms with Crippen molar-refractivity contribution in [3.63, 3.8) is 0 Å². The van der Waals surface area contributed by atoms with Gasteiger partial charge in [0.2, 0.25) is 0 Å². The average Bonchev–Trinajstić information content (AvgIpc) is 2.67. The SMILES string of the molecule is CC(=O)CCc1cccnc1-n1c(C)ccc1C. The highest BCUT2D eigenvalue weighted by atomic mass is 16.1. The van der Waals surface area contributed by atoms with Crippen LogP contribution < -0.4 is 0 Å². The molecule has 0 fully saturated rings. The third kappa shape index (κ3) is 2.50. The van der Waals surface area contributed by atoms with Gasteiger partial charge in [0.25, 0.3) is 0 Å². The molecule has 0 aliphatic heterocycles. The molecule has 0 saturated heterocycles. The van der Waals surface area contributed by atoms with Crippen LogP contribution >= 0.6 is 0 Å². The van der Waals surface area contributed by atoms with Crippen molar-refractivity contribution in [3.05, 3.63) is 47.4 Å². The first kappa shape index (κ1) is 12.6. The zero-order chi connectivity index (χ0) is 13.1. The van der Waals surface area contributed by atoms with E-state index in [9.17, 15) is 4.79 Å². The Bertz CT molecular complexity index is 550. The smallest absolute Gasteiger partial charge is 0.140 e. The van der Waals surface area contributed by atoms with Crippen molar-refractivity contribution in [1.82, 2.24) is 9.55 Å². The van der Waals surface area contributed by atoms with Gasteiger partial charge in [-0.15, -0.1) is 0 Å². The van der Waals surface area contributed by atoms with Crippen molar-refractivity contribution in [1.29, 1.82) is 0 Å². The lowest BCUT2D eigenvalue weighted by atomic mass is 10.1. The van der Waals surface area contributed by atoms with Gasteiger partial charge in [-0.2, -0.15) is 0 Å². The molecule has 0 radical (unpaired) electrons. The number of nitrogens with zero attached hydrogens (tertiary/aromatic N) is 2. The van der Waals surface area contributed by atoms with Gasteiger partial charge in [-0.25, -0.2) is 4.98 Å². The number of aryl methyl sites for hydroxylation is 3. The Balaban J connectivity index is 2.42. The summed E-state index contributed by atoms with van der Waals surface area (Å²) in [6, 6.07) is 8.13. The van der Waals surface area contributed by atoms with Crippen LogP contribution in [0.15, 0.2) is 30.5 Å². The van der Waals surface area contributed by atoms with E-state index in [1.54, 1.807) is 13.1 Å². The van der Waals surface area contributed by atoms with Crippen LogP contribution in [-0.4, -0.2) is 15.3 Å². The van der Waals surface area contributed by atoms with Gasteiger partial charge in [-0.05, 0) is 51.0 Å². The predicted molar refractivity (Wildman–Crippen MR) is 72.0 cm³/mol. The number of hydrogen-bond donors (Lipinski definition) is 0. The van der Waals surface area contributed by atoms with E-state index in [4.69, 9.17) is 0 Å². The second-order valence-corrected chi connectivity index (χ2v) is 4.64. The molecule has 0 saturated carbocycles. The highest BCUT2D eigenvalue weighted by Gasteiger charge is 2.10. The highest BCUT2D eigenvalue weighted by molar-refractivity contribution is 5.75. The fourth-order valence-electron chi connectivity index (χ4n) is 2.14. The van der Waals surface area contributed by atoms with Gasteiger partial charge in [-0.1, -0.05) is 6.07 Å². The summed E-state index contributed by atoms with van der Waals surface area (Å²) in [6.07, 6.45) is 3.11. The zero-order valence-electron chi connectivity index (χ0n) is 11.1. The molecule has 2 rings (SSSR count). The van der Waals surface area contributed by atoms with Crippen molar-refractivity contribution in [2.24, 2.45) is 0 Å². The van der Waals surface area contributed by atoms with Gasteiger partial charge >= 0.3 is 0 Å². The number of carbonyl (C=O) groups is 1. The van der Waals surface area contributed by atoms with E-state index in [0.717, 1.165) is 29.2 Å². The van der Waals surface area contributed by atoms with Crippen LogP contribution in [0.1, 0.15) is 30.3 Å². The maximum absolute atomic E-state index is 11.1. The molecule has 0 unspecified atom stereocenters. The standard InChI is InChI=1S/C15H18N2O/c1-11-6-7-12(2)17(11)15-14(5-4-10-16-15)9-8-13(3)18/h4-7,10H,8-9H2,1-3H3. The molecule has 3 heteroatoms. The fourth-order valence-corrected chi connectivity index (χ4v) is 2.14. The van der Waals surface area contributed by atoms with E-state index >= 15 is 0 Å². The maximum Gasteiger partial charge on any atom is 0.140 e. The number of aromatic nitrogens is 2. The van der Waals surface area contributed by atoms with Crippen molar-refractivity contribution in [2.45, 2.75) is 33.6 Å².